The molecule has 5 nitrogen and oxygen atoms in total. The Labute approximate surface area is 141 Å². The van der Waals surface area contributed by atoms with E-state index in [9.17, 15) is 9.90 Å². The van der Waals surface area contributed by atoms with E-state index in [1.165, 1.54) is 13.2 Å². The number of nitrogens with zero attached hydrogens (tertiary/aromatic N) is 1. The Morgan fingerprint density at radius 2 is 2.13 bits per heavy atom. The van der Waals surface area contributed by atoms with E-state index in [1.54, 1.807) is 23.1 Å². The molecule has 1 heterocycles. The topological polar surface area (TPSA) is 59.0 Å². The fraction of sp³-hybridized carbons (Fsp3) is 0.471. The Kier molecular flexibility index (Phi) is 6.30. The van der Waals surface area contributed by atoms with Gasteiger partial charge in [0.2, 0.25) is 5.91 Å². The number of benzene rings is 1. The maximum absolute atomic E-state index is 12.2. The molecule has 0 spiro atoms. The third-order valence-corrected chi connectivity index (χ3v) is 4.01. The maximum Gasteiger partial charge on any atom is 0.246 e. The van der Waals surface area contributed by atoms with Gasteiger partial charge in [0.25, 0.3) is 0 Å². The summed E-state index contributed by atoms with van der Waals surface area (Å²) in [7, 11) is 1.54. The van der Waals surface area contributed by atoms with Gasteiger partial charge in [-0.1, -0.05) is 11.6 Å². The minimum absolute atomic E-state index is 0.0678. The normalized spacial score (nSPS) is 15.9. The predicted molar refractivity (Wildman–Crippen MR) is 90.0 cm³/mol. The van der Waals surface area contributed by atoms with Crippen molar-refractivity contribution >= 4 is 23.6 Å². The van der Waals surface area contributed by atoms with Crippen molar-refractivity contribution in [1.29, 1.82) is 0 Å². The highest BCUT2D eigenvalue weighted by molar-refractivity contribution is 6.32. The van der Waals surface area contributed by atoms with E-state index in [0.717, 1.165) is 5.56 Å². The molecule has 6 heteroatoms. The molecular weight excluding hydrogens is 318 g/mol. The number of amides is 1. The molecule has 1 N–H and O–H groups in total. The lowest BCUT2D eigenvalue weighted by molar-refractivity contribution is -0.127. The fourth-order valence-electron chi connectivity index (χ4n) is 2.50. The van der Waals surface area contributed by atoms with E-state index < -0.39 is 0 Å². The van der Waals surface area contributed by atoms with Crippen LogP contribution in [0.1, 0.15) is 25.3 Å². The molecule has 0 atom stereocenters. The number of hydrogen-bond donors (Lipinski definition) is 1. The number of carbonyl (C=O) groups is 1. The smallest absolute Gasteiger partial charge is 0.246 e. The van der Waals surface area contributed by atoms with Gasteiger partial charge in [-0.15, -0.1) is 0 Å². The molecule has 0 aromatic heterocycles. The molecule has 1 aromatic rings. The molecule has 1 fully saturated rings. The zero-order valence-electron chi connectivity index (χ0n) is 13.4. The molecule has 1 saturated heterocycles. The first-order valence-electron chi connectivity index (χ1n) is 7.70. The third-order valence-electron chi connectivity index (χ3n) is 3.73. The summed E-state index contributed by atoms with van der Waals surface area (Å²) in [6.45, 7) is 3.54. The van der Waals surface area contributed by atoms with Crippen LogP contribution in [-0.2, 0) is 4.79 Å². The second-order valence-electron chi connectivity index (χ2n) is 5.36. The van der Waals surface area contributed by atoms with Crippen LogP contribution in [-0.4, -0.2) is 48.8 Å². The summed E-state index contributed by atoms with van der Waals surface area (Å²) in [6, 6.07) is 3.52. The average molecular weight is 340 g/mol. The third kappa shape index (κ3) is 4.62. The minimum Gasteiger partial charge on any atom is -0.491 e. The van der Waals surface area contributed by atoms with E-state index in [1.807, 2.05) is 6.92 Å². The predicted octanol–water partition coefficient (Wildman–Crippen LogP) is 2.74. The number of hydrogen-bond acceptors (Lipinski definition) is 4. The van der Waals surface area contributed by atoms with Gasteiger partial charge in [-0.2, -0.15) is 0 Å². The second kappa shape index (κ2) is 8.22. The SMILES string of the molecule is CCOc1cc(/C=C/C(=O)N2CCC(O)CC2)cc(Cl)c1OC. The summed E-state index contributed by atoms with van der Waals surface area (Å²) >= 11 is 6.19. The van der Waals surface area contributed by atoms with E-state index in [2.05, 4.69) is 0 Å². The Morgan fingerprint density at radius 3 is 2.74 bits per heavy atom. The molecule has 2 rings (SSSR count). The molecule has 1 aliphatic heterocycles. The molecule has 0 aliphatic carbocycles. The zero-order valence-corrected chi connectivity index (χ0v) is 14.2. The summed E-state index contributed by atoms with van der Waals surface area (Å²) in [5, 5.41) is 9.92. The molecule has 0 saturated carbocycles. The van der Waals surface area contributed by atoms with Gasteiger partial charge in [0.15, 0.2) is 11.5 Å². The lowest BCUT2D eigenvalue weighted by Crippen LogP contribution is -2.39. The van der Waals surface area contributed by atoms with Gasteiger partial charge in [0, 0.05) is 19.2 Å². The van der Waals surface area contributed by atoms with Crippen molar-refractivity contribution in [2.45, 2.75) is 25.9 Å². The number of piperidine rings is 1. The van der Waals surface area contributed by atoms with Crippen LogP contribution in [0.2, 0.25) is 5.02 Å². The second-order valence-corrected chi connectivity index (χ2v) is 5.76. The monoisotopic (exact) mass is 339 g/mol. The van der Waals surface area contributed by atoms with E-state index in [4.69, 9.17) is 21.1 Å². The molecule has 1 aliphatic rings. The molecule has 0 radical (unpaired) electrons. The number of methoxy groups -OCH3 is 1. The molecule has 1 amide bonds. The molecule has 0 bridgehead atoms. The number of aliphatic hydroxyl groups excluding tert-OH is 1. The first kappa shape index (κ1) is 17.6. The van der Waals surface area contributed by atoms with E-state index >= 15 is 0 Å². The first-order valence-corrected chi connectivity index (χ1v) is 8.08. The first-order chi connectivity index (χ1) is 11.0. The van der Waals surface area contributed by atoms with Crippen molar-refractivity contribution in [2.75, 3.05) is 26.8 Å². The molecule has 1 aromatic carbocycles. The quantitative estimate of drug-likeness (QED) is 0.838. The van der Waals surface area contributed by atoms with Gasteiger partial charge in [-0.3, -0.25) is 4.79 Å². The summed E-state index contributed by atoms with van der Waals surface area (Å²) in [6.07, 6.45) is 4.19. The van der Waals surface area contributed by atoms with Crippen molar-refractivity contribution in [3.8, 4) is 11.5 Å². The van der Waals surface area contributed by atoms with E-state index in [-0.39, 0.29) is 12.0 Å². The summed E-state index contributed by atoms with van der Waals surface area (Å²) in [5.41, 5.74) is 0.768. The summed E-state index contributed by atoms with van der Waals surface area (Å²) in [4.78, 5) is 13.9. The Balaban J connectivity index is 2.11. The Hall–Kier alpha value is -1.72. The van der Waals surface area contributed by atoms with E-state index in [0.29, 0.717) is 49.1 Å². The van der Waals surface area contributed by atoms with Gasteiger partial charge in [-0.25, -0.2) is 0 Å². The Morgan fingerprint density at radius 1 is 1.43 bits per heavy atom. The van der Waals surface area contributed by atoms with Gasteiger partial charge < -0.3 is 19.5 Å². The van der Waals surface area contributed by atoms with Crippen molar-refractivity contribution in [1.82, 2.24) is 4.90 Å². The molecular formula is C17H22ClNO4. The molecule has 0 unspecified atom stereocenters. The Bertz CT molecular complexity index is 580. The van der Waals surface area contributed by atoms with Crippen LogP contribution in [0.15, 0.2) is 18.2 Å². The molecule has 23 heavy (non-hydrogen) atoms. The number of carbonyl (C=O) groups excluding carboxylic acids is 1. The van der Waals surface area contributed by atoms with Crippen LogP contribution in [0.3, 0.4) is 0 Å². The van der Waals surface area contributed by atoms with Gasteiger partial charge in [0.05, 0.1) is 24.8 Å². The standard InChI is InChI=1S/C17H22ClNO4/c1-3-23-15-11-12(10-14(18)17(15)22-2)4-5-16(21)19-8-6-13(20)7-9-19/h4-5,10-11,13,20H,3,6-9H2,1-2H3/b5-4+. The van der Waals surface area contributed by atoms with Crippen molar-refractivity contribution in [3.63, 3.8) is 0 Å². The largest absolute Gasteiger partial charge is 0.491 e. The molecule has 126 valence electrons. The van der Waals surface area contributed by atoms with Crippen LogP contribution < -0.4 is 9.47 Å². The van der Waals surface area contributed by atoms with Gasteiger partial charge >= 0.3 is 0 Å². The number of rotatable bonds is 5. The van der Waals surface area contributed by atoms with Crippen LogP contribution in [0, 0.1) is 0 Å². The average Bonchev–Trinajstić information content (AvgIpc) is 2.53. The van der Waals surface area contributed by atoms with Crippen molar-refractivity contribution in [3.05, 3.63) is 28.8 Å². The van der Waals surface area contributed by atoms with Gasteiger partial charge in [-0.05, 0) is 43.5 Å². The summed E-state index contributed by atoms with van der Waals surface area (Å²) < 4.78 is 10.8. The fourth-order valence-corrected chi connectivity index (χ4v) is 2.80. The number of likely N-dealkylation sites (tertiary alicyclic amines) is 1. The number of halogens is 1. The number of aliphatic hydroxyl groups is 1. The minimum atomic E-state index is -0.294. The highest BCUT2D eigenvalue weighted by Gasteiger charge is 2.19. The van der Waals surface area contributed by atoms with Crippen LogP contribution in [0.4, 0.5) is 0 Å². The van der Waals surface area contributed by atoms with Gasteiger partial charge in [0.1, 0.15) is 0 Å². The maximum atomic E-state index is 12.2. The van der Waals surface area contributed by atoms with Crippen molar-refractivity contribution < 1.29 is 19.4 Å². The van der Waals surface area contributed by atoms with Crippen LogP contribution >= 0.6 is 11.6 Å². The summed E-state index contributed by atoms with van der Waals surface area (Å²) in [5.74, 6) is 0.972. The van der Waals surface area contributed by atoms with Crippen LogP contribution in [0.25, 0.3) is 6.08 Å². The van der Waals surface area contributed by atoms with Crippen molar-refractivity contribution in [2.24, 2.45) is 0 Å². The van der Waals surface area contributed by atoms with Crippen LogP contribution in [0.5, 0.6) is 11.5 Å². The lowest BCUT2D eigenvalue weighted by Gasteiger charge is -2.28. The highest BCUT2D eigenvalue weighted by Crippen LogP contribution is 2.36. The number of ether oxygens (including phenoxy) is 2. The highest BCUT2D eigenvalue weighted by atomic mass is 35.5. The lowest BCUT2D eigenvalue weighted by atomic mass is 10.1. The zero-order chi connectivity index (χ0) is 16.8.